The van der Waals surface area contributed by atoms with Crippen LogP contribution in [0.25, 0.3) is 0 Å². The molecule has 0 amide bonds. The molecule has 1 fully saturated rings. The normalized spacial score (nSPS) is 18.6. The van der Waals surface area contributed by atoms with Crippen molar-refractivity contribution in [1.29, 1.82) is 0 Å². The summed E-state index contributed by atoms with van der Waals surface area (Å²) in [5, 5.41) is 3.49. The lowest BCUT2D eigenvalue weighted by Crippen LogP contribution is -2.40. The third-order valence-electron chi connectivity index (χ3n) is 2.67. The fraction of sp³-hybridized carbons (Fsp3) is 1.00. The Morgan fingerprint density at radius 3 is 2.64 bits per heavy atom. The van der Waals surface area contributed by atoms with Gasteiger partial charge in [-0.15, -0.1) is 0 Å². The van der Waals surface area contributed by atoms with Gasteiger partial charge in [0, 0.05) is 26.2 Å². The summed E-state index contributed by atoms with van der Waals surface area (Å²) >= 11 is 0. The molecule has 0 aromatic carbocycles. The molecule has 1 aliphatic heterocycles. The Labute approximate surface area is 87.8 Å². The van der Waals surface area contributed by atoms with E-state index in [1.165, 1.54) is 32.4 Å². The van der Waals surface area contributed by atoms with Crippen LogP contribution in [0.5, 0.6) is 0 Å². The molecule has 0 bridgehead atoms. The van der Waals surface area contributed by atoms with Crippen molar-refractivity contribution in [3.8, 4) is 0 Å². The lowest BCUT2D eigenvalue weighted by molar-refractivity contribution is 0.0384. The second-order valence-corrected chi connectivity index (χ2v) is 3.91. The molecule has 0 spiro atoms. The van der Waals surface area contributed by atoms with Crippen molar-refractivity contribution < 1.29 is 4.74 Å². The van der Waals surface area contributed by atoms with Crippen LogP contribution in [0.1, 0.15) is 26.2 Å². The molecule has 0 atom stereocenters. The van der Waals surface area contributed by atoms with E-state index in [2.05, 4.69) is 17.1 Å². The average Bonchev–Trinajstić information content (AvgIpc) is 2.25. The highest BCUT2D eigenvalue weighted by atomic mass is 16.5. The fourth-order valence-corrected chi connectivity index (χ4v) is 1.69. The van der Waals surface area contributed by atoms with E-state index in [0.29, 0.717) is 0 Å². The van der Waals surface area contributed by atoms with E-state index >= 15 is 0 Å². The highest BCUT2D eigenvalue weighted by molar-refractivity contribution is 4.62. The van der Waals surface area contributed by atoms with Gasteiger partial charge in [-0.25, -0.2) is 0 Å². The van der Waals surface area contributed by atoms with Gasteiger partial charge < -0.3 is 10.1 Å². The maximum atomic E-state index is 5.30. The molecule has 3 heteroatoms. The quantitative estimate of drug-likeness (QED) is 0.623. The predicted molar refractivity (Wildman–Crippen MR) is 59.7 cm³/mol. The van der Waals surface area contributed by atoms with Crippen LogP contribution in [-0.4, -0.2) is 50.8 Å². The van der Waals surface area contributed by atoms with Crippen LogP contribution in [0.15, 0.2) is 0 Å². The molecule has 0 radical (unpaired) electrons. The highest BCUT2D eigenvalue weighted by Crippen LogP contribution is 1.95. The molecule has 1 heterocycles. The number of rotatable bonds is 7. The fourth-order valence-electron chi connectivity index (χ4n) is 1.69. The lowest BCUT2D eigenvalue weighted by Gasteiger charge is -2.26. The van der Waals surface area contributed by atoms with Crippen molar-refractivity contribution in [2.75, 3.05) is 45.9 Å². The number of hydrogen-bond donors (Lipinski definition) is 1. The first-order valence-corrected chi connectivity index (χ1v) is 5.94. The molecule has 1 saturated heterocycles. The molecule has 3 nitrogen and oxygen atoms in total. The zero-order valence-electron chi connectivity index (χ0n) is 9.43. The summed E-state index contributed by atoms with van der Waals surface area (Å²) in [5.41, 5.74) is 0. The number of nitrogens with one attached hydrogen (secondary N) is 1. The van der Waals surface area contributed by atoms with Crippen LogP contribution in [0.2, 0.25) is 0 Å². The van der Waals surface area contributed by atoms with Crippen LogP contribution in [0.4, 0.5) is 0 Å². The van der Waals surface area contributed by atoms with Gasteiger partial charge in [0.1, 0.15) is 0 Å². The zero-order valence-corrected chi connectivity index (χ0v) is 9.43. The van der Waals surface area contributed by atoms with Gasteiger partial charge >= 0.3 is 0 Å². The minimum absolute atomic E-state index is 0.913. The molecule has 14 heavy (non-hydrogen) atoms. The summed E-state index contributed by atoms with van der Waals surface area (Å²) in [6, 6.07) is 0. The maximum absolute atomic E-state index is 5.30. The van der Waals surface area contributed by atoms with E-state index in [0.717, 1.165) is 32.8 Å². The van der Waals surface area contributed by atoms with Gasteiger partial charge in [-0.3, -0.25) is 4.90 Å². The second kappa shape index (κ2) is 8.21. The van der Waals surface area contributed by atoms with Crippen molar-refractivity contribution in [3.05, 3.63) is 0 Å². The lowest BCUT2D eigenvalue weighted by atomic mass is 10.2. The minimum atomic E-state index is 0.913. The van der Waals surface area contributed by atoms with E-state index in [4.69, 9.17) is 4.74 Å². The van der Waals surface area contributed by atoms with Gasteiger partial charge in [-0.05, 0) is 13.0 Å². The summed E-state index contributed by atoms with van der Waals surface area (Å²) < 4.78 is 5.30. The van der Waals surface area contributed by atoms with Gasteiger partial charge in [0.2, 0.25) is 0 Å². The Morgan fingerprint density at radius 2 is 1.93 bits per heavy atom. The van der Waals surface area contributed by atoms with Crippen LogP contribution in [0, 0.1) is 0 Å². The molecule has 84 valence electrons. The van der Waals surface area contributed by atoms with Crippen LogP contribution < -0.4 is 5.32 Å². The van der Waals surface area contributed by atoms with Crippen molar-refractivity contribution >= 4 is 0 Å². The van der Waals surface area contributed by atoms with Crippen LogP contribution in [0.3, 0.4) is 0 Å². The molecule has 0 aromatic rings. The smallest absolute Gasteiger partial charge is 0.0594 e. The summed E-state index contributed by atoms with van der Waals surface area (Å²) in [6.07, 6.45) is 3.98. The molecule has 0 aliphatic carbocycles. The molecule has 0 unspecified atom stereocenters. The number of nitrogens with zero attached hydrogens (tertiary/aromatic N) is 1. The number of ether oxygens (including phenoxy) is 1. The largest absolute Gasteiger partial charge is 0.379 e. The van der Waals surface area contributed by atoms with Crippen molar-refractivity contribution in [3.63, 3.8) is 0 Å². The molecular formula is C11H24N2O. The van der Waals surface area contributed by atoms with E-state index < -0.39 is 0 Å². The number of morpholine rings is 1. The van der Waals surface area contributed by atoms with Crippen LogP contribution >= 0.6 is 0 Å². The van der Waals surface area contributed by atoms with E-state index in [9.17, 15) is 0 Å². The van der Waals surface area contributed by atoms with E-state index in [-0.39, 0.29) is 0 Å². The van der Waals surface area contributed by atoms with Gasteiger partial charge in [-0.2, -0.15) is 0 Å². The van der Waals surface area contributed by atoms with Gasteiger partial charge in [0.15, 0.2) is 0 Å². The van der Waals surface area contributed by atoms with Gasteiger partial charge in [0.05, 0.1) is 13.2 Å². The molecule has 1 rings (SSSR count). The molecule has 0 aromatic heterocycles. The van der Waals surface area contributed by atoms with Crippen molar-refractivity contribution in [2.24, 2.45) is 0 Å². The van der Waals surface area contributed by atoms with E-state index in [1.54, 1.807) is 0 Å². The highest BCUT2D eigenvalue weighted by Gasteiger charge is 2.08. The Morgan fingerprint density at radius 1 is 1.14 bits per heavy atom. The molecule has 1 N–H and O–H groups in total. The summed E-state index contributed by atoms with van der Waals surface area (Å²) in [4.78, 5) is 2.47. The third kappa shape index (κ3) is 5.58. The predicted octanol–water partition coefficient (Wildman–Crippen LogP) is 1.10. The first-order chi connectivity index (χ1) is 6.93. The Bertz CT molecular complexity index is 124. The van der Waals surface area contributed by atoms with Crippen LogP contribution in [-0.2, 0) is 4.74 Å². The first-order valence-electron chi connectivity index (χ1n) is 5.94. The Kier molecular flexibility index (Phi) is 7.01. The van der Waals surface area contributed by atoms with E-state index in [1.807, 2.05) is 0 Å². The monoisotopic (exact) mass is 200 g/mol. The maximum Gasteiger partial charge on any atom is 0.0594 e. The SMILES string of the molecule is CCCCCNCCN1CCOCC1. The van der Waals surface area contributed by atoms with Gasteiger partial charge in [0.25, 0.3) is 0 Å². The standard InChI is InChI=1S/C11H24N2O/c1-2-3-4-5-12-6-7-13-8-10-14-11-9-13/h12H,2-11H2,1H3. The second-order valence-electron chi connectivity index (χ2n) is 3.91. The third-order valence-corrected chi connectivity index (χ3v) is 2.67. The summed E-state index contributed by atoms with van der Waals surface area (Å²) in [5.74, 6) is 0. The topological polar surface area (TPSA) is 24.5 Å². The Balaban J connectivity index is 1.82. The molecule has 1 aliphatic rings. The summed E-state index contributed by atoms with van der Waals surface area (Å²) in [6.45, 7) is 9.77. The number of unbranched alkanes of at least 4 members (excludes halogenated alkanes) is 2. The van der Waals surface area contributed by atoms with Crippen molar-refractivity contribution in [1.82, 2.24) is 10.2 Å². The Hall–Kier alpha value is -0.120. The zero-order chi connectivity index (χ0) is 10.1. The first kappa shape index (κ1) is 12.0. The van der Waals surface area contributed by atoms with Gasteiger partial charge in [-0.1, -0.05) is 19.8 Å². The average molecular weight is 200 g/mol. The minimum Gasteiger partial charge on any atom is -0.379 e. The summed E-state index contributed by atoms with van der Waals surface area (Å²) in [7, 11) is 0. The number of hydrogen-bond acceptors (Lipinski definition) is 3. The molecular weight excluding hydrogens is 176 g/mol. The van der Waals surface area contributed by atoms with Crippen molar-refractivity contribution in [2.45, 2.75) is 26.2 Å². The molecule has 0 saturated carbocycles.